The smallest absolute Gasteiger partial charge is 0.408 e. The second kappa shape index (κ2) is 4.40. The van der Waals surface area contributed by atoms with Gasteiger partial charge in [0.05, 0.1) is 11.6 Å². The summed E-state index contributed by atoms with van der Waals surface area (Å²) < 4.78 is 4.90. The van der Waals surface area contributed by atoms with Crippen molar-refractivity contribution in [1.29, 1.82) is 0 Å². The van der Waals surface area contributed by atoms with Crippen molar-refractivity contribution in [2.45, 2.75) is 12.5 Å². The number of benzene rings is 1. The van der Waals surface area contributed by atoms with E-state index in [1.807, 2.05) is 5.43 Å². The highest BCUT2D eigenvalue weighted by molar-refractivity contribution is 5.81. The van der Waals surface area contributed by atoms with Gasteiger partial charge in [-0.2, -0.15) is 0 Å². The summed E-state index contributed by atoms with van der Waals surface area (Å²) in [6.45, 7) is 0. The van der Waals surface area contributed by atoms with Gasteiger partial charge in [0.2, 0.25) is 0 Å². The van der Waals surface area contributed by atoms with Crippen molar-refractivity contribution >= 4 is 17.0 Å². The Morgan fingerprint density at radius 1 is 1.53 bits per heavy atom. The predicted octanol–water partition coefficient (Wildman–Crippen LogP) is -1.02. The molecule has 0 fully saturated rings. The Labute approximate surface area is 95.7 Å². The van der Waals surface area contributed by atoms with Gasteiger partial charge in [-0.25, -0.2) is 10.6 Å². The van der Waals surface area contributed by atoms with E-state index in [1.54, 1.807) is 18.2 Å². The van der Waals surface area contributed by atoms with Crippen LogP contribution in [0.25, 0.3) is 11.1 Å². The van der Waals surface area contributed by atoms with Crippen molar-refractivity contribution in [2.24, 2.45) is 11.6 Å². The van der Waals surface area contributed by atoms with Gasteiger partial charge in [0.25, 0.3) is 5.91 Å². The lowest BCUT2D eigenvalue weighted by molar-refractivity contribution is -0.122. The summed E-state index contributed by atoms with van der Waals surface area (Å²) in [6.07, 6.45) is 0.313. The van der Waals surface area contributed by atoms with Crippen molar-refractivity contribution in [1.82, 2.24) is 10.4 Å². The second-order valence-corrected chi connectivity index (χ2v) is 3.66. The first-order chi connectivity index (χ1) is 8.10. The molecule has 0 saturated heterocycles. The molecule has 1 unspecified atom stereocenters. The number of nitrogens with two attached hydrogens (primary N) is 2. The van der Waals surface area contributed by atoms with Crippen LogP contribution in [0.15, 0.2) is 27.4 Å². The number of amides is 1. The van der Waals surface area contributed by atoms with E-state index in [-0.39, 0.29) is 0 Å². The molecule has 1 atom stereocenters. The zero-order valence-corrected chi connectivity index (χ0v) is 8.90. The van der Waals surface area contributed by atoms with E-state index >= 15 is 0 Å². The van der Waals surface area contributed by atoms with E-state index in [0.29, 0.717) is 17.5 Å². The van der Waals surface area contributed by atoms with Crippen LogP contribution in [0.4, 0.5) is 0 Å². The summed E-state index contributed by atoms with van der Waals surface area (Å²) in [5, 5.41) is 0. The molecule has 1 amide bonds. The van der Waals surface area contributed by atoms with Gasteiger partial charge in [0.15, 0.2) is 5.58 Å². The molecule has 1 heterocycles. The minimum absolute atomic E-state index is 0.313. The molecule has 1 aromatic carbocycles. The quantitative estimate of drug-likeness (QED) is 0.308. The Balaban J connectivity index is 2.24. The highest BCUT2D eigenvalue weighted by Gasteiger charge is 2.13. The molecule has 2 aromatic rings. The minimum Gasteiger partial charge on any atom is -0.408 e. The lowest BCUT2D eigenvalue weighted by Gasteiger charge is -2.09. The van der Waals surface area contributed by atoms with Gasteiger partial charge in [-0.3, -0.25) is 15.2 Å². The first-order valence-electron chi connectivity index (χ1n) is 4.98. The van der Waals surface area contributed by atoms with Crippen molar-refractivity contribution in [3.05, 3.63) is 34.3 Å². The highest BCUT2D eigenvalue weighted by Crippen LogP contribution is 2.13. The first kappa shape index (κ1) is 11.4. The zero-order valence-electron chi connectivity index (χ0n) is 8.90. The fourth-order valence-corrected chi connectivity index (χ4v) is 1.57. The lowest BCUT2D eigenvalue weighted by atomic mass is 10.1. The molecule has 6 N–H and O–H groups in total. The lowest BCUT2D eigenvalue weighted by Crippen LogP contribution is -2.45. The predicted molar refractivity (Wildman–Crippen MR) is 60.8 cm³/mol. The summed E-state index contributed by atoms with van der Waals surface area (Å²) in [5.74, 6) is 4.02. The molecule has 0 saturated carbocycles. The number of hydrogen-bond acceptors (Lipinski definition) is 5. The summed E-state index contributed by atoms with van der Waals surface area (Å²) in [4.78, 5) is 24.6. The molecule has 2 rings (SSSR count). The number of rotatable bonds is 3. The van der Waals surface area contributed by atoms with Crippen molar-refractivity contribution in [2.75, 3.05) is 0 Å². The number of carbonyl (C=O) groups excluding carboxylic acids is 1. The average Bonchev–Trinajstić information content (AvgIpc) is 2.67. The van der Waals surface area contributed by atoms with Crippen LogP contribution in [0.3, 0.4) is 0 Å². The van der Waals surface area contributed by atoms with E-state index in [2.05, 4.69) is 4.98 Å². The van der Waals surface area contributed by atoms with Crippen LogP contribution in [0.2, 0.25) is 0 Å². The first-order valence-corrected chi connectivity index (χ1v) is 4.98. The third-order valence-corrected chi connectivity index (χ3v) is 2.42. The normalized spacial score (nSPS) is 12.6. The maximum atomic E-state index is 11.1. The Kier molecular flexibility index (Phi) is 2.94. The van der Waals surface area contributed by atoms with E-state index in [0.717, 1.165) is 5.56 Å². The third kappa shape index (κ3) is 2.35. The molecule has 0 spiro atoms. The van der Waals surface area contributed by atoms with Crippen molar-refractivity contribution in [3.8, 4) is 0 Å². The van der Waals surface area contributed by atoms with Crippen LogP contribution in [0, 0.1) is 0 Å². The Bertz CT molecular complexity index is 601. The summed E-state index contributed by atoms with van der Waals surface area (Å²) >= 11 is 0. The molecule has 7 nitrogen and oxygen atoms in total. The zero-order chi connectivity index (χ0) is 12.4. The summed E-state index contributed by atoms with van der Waals surface area (Å²) in [7, 11) is 0. The molecule has 0 aliphatic rings. The number of nitrogens with one attached hydrogen (secondary N) is 2. The van der Waals surface area contributed by atoms with E-state index in [4.69, 9.17) is 16.0 Å². The van der Waals surface area contributed by atoms with Crippen LogP contribution in [0.1, 0.15) is 5.56 Å². The number of hydrazine groups is 1. The number of carbonyl (C=O) groups is 1. The third-order valence-electron chi connectivity index (χ3n) is 2.42. The van der Waals surface area contributed by atoms with E-state index < -0.39 is 17.7 Å². The molecular weight excluding hydrogens is 224 g/mol. The number of hydrogen-bond donors (Lipinski definition) is 4. The Hall–Kier alpha value is -2.12. The van der Waals surface area contributed by atoms with Crippen LogP contribution in [-0.2, 0) is 11.2 Å². The molecule has 90 valence electrons. The Morgan fingerprint density at radius 3 is 3.00 bits per heavy atom. The number of aromatic amines is 1. The molecular formula is C10H12N4O3. The molecule has 0 radical (unpaired) electrons. The van der Waals surface area contributed by atoms with Crippen LogP contribution >= 0.6 is 0 Å². The summed E-state index contributed by atoms with van der Waals surface area (Å²) in [6, 6.07) is 4.39. The topological polar surface area (TPSA) is 127 Å². The number of H-pyrrole nitrogens is 1. The fraction of sp³-hybridized carbons (Fsp3) is 0.200. The molecule has 1 aromatic heterocycles. The molecule has 7 heteroatoms. The molecule has 0 bridgehead atoms. The highest BCUT2D eigenvalue weighted by atomic mass is 16.4. The maximum Gasteiger partial charge on any atom is 0.417 e. The van der Waals surface area contributed by atoms with Gasteiger partial charge >= 0.3 is 5.76 Å². The van der Waals surface area contributed by atoms with Gasteiger partial charge in [-0.15, -0.1) is 0 Å². The monoisotopic (exact) mass is 236 g/mol. The average molecular weight is 236 g/mol. The van der Waals surface area contributed by atoms with Crippen molar-refractivity contribution < 1.29 is 9.21 Å². The Morgan fingerprint density at radius 2 is 2.29 bits per heavy atom. The van der Waals surface area contributed by atoms with Gasteiger partial charge in [0.1, 0.15) is 0 Å². The molecule has 17 heavy (non-hydrogen) atoms. The largest absolute Gasteiger partial charge is 0.417 e. The SMILES string of the molecule is NNC(=O)C(N)Cc1ccc2[nH]c(=O)oc2c1. The molecule has 0 aliphatic heterocycles. The maximum absolute atomic E-state index is 11.1. The molecule has 0 aliphatic carbocycles. The van der Waals surface area contributed by atoms with Gasteiger partial charge < -0.3 is 10.2 Å². The van der Waals surface area contributed by atoms with Crippen LogP contribution in [-0.4, -0.2) is 16.9 Å². The van der Waals surface area contributed by atoms with E-state index in [1.165, 1.54) is 0 Å². The fourth-order valence-electron chi connectivity index (χ4n) is 1.57. The number of fused-ring (bicyclic) bond motifs is 1. The van der Waals surface area contributed by atoms with Crippen LogP contribution in [0.5, 0.6) is 0 Å². The van der Waals surface area contributed by atoms with Crippen LogP contribution < -0.4 is 22.8 Å². The standard InChI is InChI=1S/C10H12N4O3/c11-6(9(15)14-12)3-5-1-2-7-8(4-5)17-10(16)13-7/h1-2,4,6H,3,11-12H2,(H,13,16)(H,14,15). The minimum atomic E-state index is -0.733. The summed E-state index contributed by atoms with van der Waals surface area (Å²) in [5.41, 5.74) is 9.43. The van der Waals surface area contributed by atoms with Gasteiger partial charge in [-0.05, 0) is 24.1 Å². The number of oxazole rings is 1. The van der Waals surface area contributed by atoms with Crippen molar-refractivity contribution in [3.63, 3.8) is 0 Å². The van der Waals surface area contributed by atoms with E-state index in [9.17, 15) is 9.59 Å². The number of aromatic nitrogens is 1. The second-order valence-electron chi connectivity index (χ2n) is 3.66. The van der Waals surface area contributed by atoms with Gasteiger partial charge in [0, 0.05) is 0 Å². The van der Waals surface area contributed by atoms with Gasteiger partial charge in [-0.1, -0.05) is 6.07 Å².